The first-order chi connectivity index (χ1) is 8.25. The topological polar surface area (TPSA) is 54.6 Å². The Morgan fingerprint density at radius 1 is 1.35 bits per heavy atom. The second-order valence-electron chi connectivity index (χ2n) is 3.59. The first kappa shape index (κ1) is 11.1. The minimum Gasteiger partial charge on any atom is -0.459 e. The molecule has 86 valence electrons. The van der Waals surface area contributed by atoms with Crippen LogP contribution in [-0.2, 0) is 0 Å². The van der Waals surface area contributed by atoms with Crippen LogP contribution in [0.2, 0.25) is 0 Å². The number of carbonyl (C=O) groups excluding carboxylic acids is 1. The van der Waals surface area contributed by atoms with Crippen molar-refractivity contribution in [1.29, 1.82) is 0 Å². The van der Waals surface area contributed by atoms with Crippen LogP contribution in [0, 0.1) is 6.92 Å². The maximum Gasteiger partial charge on any atom is 0.307 e. The Hall–Kier alpha value is -2.36. The lowest BCUT2D eigenvalue weighted by Gasteiger charge is -1.96. The van der Waals surface area contributed by atoms with Gasteiger partial charge in [-0.05, 0) is 24.6 Å². The summed E-state index contributed by atoms with van der Waals surface area (Å²) in [6.45, 7) is 2.00. The van der Waals surface area contributed by atoms with Crippen LogP contribution in [0.5, 0.6) is 0 Å². The molecular weight excluding hydrogens is 216 g/mol. The molecule has 17 heavy (non-hydrogen) atoms. The van der Waals surface area contributed by atoms with Crippen LogP contribution < -0.4 is 5.43 Å². The minimum absolute atomic E-state index is 0.242. The normalized spacial score (nSPS) is 10.6. The van der Waals surface area contributed by atoms with Crippen LogP contribution in [0.3, 0.4) is 0 Å². The first-order valence-electron chi connectivity index (χ1n) is 5.19. The maximum absolute atomic E-state index is 11.4. The summed E-state index contributed by atoms with van der Waals surface area (Å²) < 4.78 is 4.93. The zero-order chi connectivity index (χ0) is 12.1. The van der Waals surface area contributed by atoms with Gasteiger partial charge in [0.2, 0.25) is 0 Å². The lowest BCUT2D eigenvalue weighted by Crippen LogP contribution is -2.16. The molecule has 0 saturated heterocycles. The summed E-state index contributed by atoms with van der Waals surface area (Å²) in [5.41, 5.74) is 4.47. The predicted molar refractivity (Wildman–Crippen MR) is 64.9 cm³/mol. The van der Waals surface area contributed by atoms with Gasteiger partial charge in [0.1, 0.15) is 0 Å². The summed E-state index contributed by atoms with van der Waals surface area (Å²) >= 11 is 0. The number of hydrogen-bond acceptors (Lipinski definition) is 3. The number of nitrogens with one attached hydrogen (secondary N) is 1. The Bertz CT molecular complexity index is 530. The second kappa shape index (κ2) is 5.12. The Balaban J connectivity index is 1.96. The average molecular weight is 228 g/mol. The Morgan fingerprint density at radius 2 is 2.24 bits per heavy atom. The van der Waals surface area contributed by atoms with Crippen molar-refractivity contribution in [1.82, 2.24) is 5.43 Å². The van der Waals surface area contributed by atoms with Gasteiger partial charge in [-0.3, -0.25) is 4.79 Å². The van der Waals surface area contributed by atoms with Crippen molar-refractivity contribution >= 4 is 12.1 Å². The van der Waals surface area contributed by atoms with E-state index in [1.807, 2.05) is 31.2 Å². The van der Waals surface area contributed by atoms with Crippen LogP contribution in [0.1, 0.15) is 21.7 Å². The number of nitrogens with zero attached hydrogens (tertiary/aromatic N) is 1. The molecule has 1 heterocycles. The minimum atomic E-state index is -0.362. The number of benzene rings is 1. The zero-order valence-electron chi connectivity index (χ0n) is 9.38. The van der Waals surface area contributed by atoms with Gasteiger partial charge in [-0.2, -0.15) is 5.10 Å². The summed E-state index contributed by atoms with van der Waals surface area (Å²) in [5.74, 6) is -0.120. The number of hydrogen-bond donors (Lipinski definition) is 1. The number of hydrazone groups is 1. The van der Waals surface area contributed by atoms with E-state index in [-0.39, 0.29) is 11.7 Å². The molecule has 1 aromatic heterocycles. The van der Waals surface area contributed by atoms with Gasteiger partial charge in [0.05, 0.1) is 12.5 Å². The third-order valence-corrected chi connectivity index (χ3v) is 2.17. The fraction of sp³-hybridized carbons (Fsp3) is 0.0769. The highest BCUT2D eigenvalue weighted by Crippen LogP contribution is 2.01. The molecule has 2 rings (SSSR count). The molecule has 0 bridgehead atoms. The molecule has 1 N–H and O–H groups in total. The summed E-state index contributed by atoms with van der Waals surface area (Å²) in [6.07, 6.45) is 3.03. The molecule has 1 aromatic carbocycles. The van der Waals surface area contributed by atoms with Crippen molar-refractivity contribution in [3.8, 4) is 0 Å². The van der Waals surface area contributed by atoms with E-state index in [0.29, 0.717) is 0 Å². The van der Waals surface area contributed by atoms with Crippen molar-refractivity contribution in [2.75, 3.05) is 0 Å². The van der Waals surface area contributed by atoms with Crippen LogP contribution in [0.4, 0.5) is 0 Å². The molecule has 1 amide bonds. The molecule has 4 heteroatoms. The molecule has 0 saturated carbocycles. The van der Waals surface area contributed by atoms with Crippen molar-refractivity contribution in [2.45, 2.75) is 6.92 Å². The number of furan rings is 1. The van der Waals surface area contributed by atoms with E-state index in [2.05, 4.69) is 10.5 Å². The second-order valence-corrected chi connectivity index (χ2v) is 3.59. The van der Waals surface area contributed by atoms with E-state index in [9.17, 15) is 4.79 Å². The van der Waals surface area contributed by atoms with Crippen molar-refractivity contribution in [3.05, 3.63) is 59.5 Å². The molecule has 4 nitrogen and oxygen atoms in total. The molecule has 0 aliphatic rings. The predicted octanol–water partition coefficient (Wildman–Crippen LogP) is 2.35. The molecule has 0 spiro atoms. The first-order valence-corrected chi connectivity index (χ1v) is 5.19. The number of rotatable bonds is 3. The third-order valence-electron chi connectivity index (χ3n) is 2.17. The Labute approximate surface area is 99.0 Å². The summed E-state index contributed by atoms with van der Waals surface area (Å²) in [6, 6.07) is 11.1. The van der Waals surface area contributed by atoms with Crippen molar-refractivity contribution < 1.29 is 9.21 Å². The Kier molecular flexibility index (Phi) is 3.35. The summed E-state index contributed by atoms with van der Waals surface area (Å²) in [5, 5.41) is 3.85. The van der Waals surface area contributed by atoms with Gasteiger partial charge in [0.25, 0.3) is 0 Å². The molecule has 0 fully saturated rings. The zero-order valence-corrected chi connectivity index (χ0v) is 9.38. The molecule has 0 aliphatic heterocycles. The molecule has 0 radical (unpaired) electrons. The van der Waals surface area contributed by atoms with Crippen LogP contribution in [-0.4, -0.2) is 12.1 Å². The monoisotopic (exact) mass is 228 g/mol. The van der Waals surface area contributed by atoms with Crippen molar-refractivity contribution in [2.24, 2.45) is 5.10 Å². The SMILES string of the molecule is Cc1cccc(C=NNC(=O)c2ccco2)c1. The Morgan fingerprint density at radius 3 is 2.94 bits per heavy atom. The molecule has 0 aliphatic carbocycles. The molecule has 0 unspecified atom stereocenters. The van der Waals surface area contributed by atoms with Gasteiger partial charge in [0.15, 0.2) is 5.76 Å². The smallest absolute Gasteiger partial charge is 0.307 e. The summed E-state index contributed by atoms with van der Waals surface area (Å²) in [4.78, 5) is 11.4. The van der Waals surface area contributed by atoms with Crippen LogP contribution in [0.15, 0.2) is 52.2 Å². The van der Waals surface area contributed by atoms with E-state index in [4.69, 9.17) is 4.42 Å². The van der Waals surface area contributed by atoms with Gasteiger partial charge in [-0.25, -0.2) is 5.43 Å². The molecule has 2 aromatic rings. The van der Waals surface area contributed by atoms with Gasteiger partial charge in [0, 0.05) is 0 Å². The number of amides is 1. The average Bonchev–Trinajstić information content (AvgIpc) is 2.82. The maximum atomic E-state index is 11.4. The van der Waals surface area contributed by atoms with E-state index in [1.54, 1.807) is 18.3 Å². The van der Waals surface area contributed by atoms with E-state index in [0.717, 1.165) is 11.1 Å². The number of carbonyl (C=O) groups is 1. The third kappa shape index (κ3) is 3.04. The van der Waals surface area contributed by atoms with Gasteiger partial charge < -0.3 is 4.42 Å². The van der Waals surface area contributed by atoms with E-state index >= 15 is 0 Å². The van der Waals surface area contributed by atoms with Gasteiger partial charge in [-0.15, -0.1) is 0 Å². The van der Waals surface area contributed by atoms with E-state index in [1.165, 1.54) is 6.26 Å². The lowest BCUT2D eigenvalue weighted by molar-refractivity contribution is 0.0927. The van der Waals surface area contributed by atoms with Gasteiger partial charge in [-0.1, -0.05) is 29.8 Å². The molecule has 0 atom stereocenters. The largest absolute Gasteiger partial charge is 0.459 e. The highest BCUT2D eigenvalue weighted by atomic mass is 16.3. The van der Waals surface area contributed by atoms with Crippen LogP contribution in [0.25, 0.3) is 0 Å². The quantitative estimate of drug-likeness (QED) is 0.647. The summed E-state index contributed by atoms with van der Waals surface area (Å²) in [7, 11) is 0. The van der Waals surface area contributed by atoms with E-state index < -0.39 is 0 Å². The number of aryl methyl sites for hydroxylation is 1. The standard InChI is InChI=1S/C13H12N2O2/c1-10-4-2-5-11(8-10)9-14-15-13(16)12-6-3-7-17-12/h2-9H,1H3,(H,15,16). The fourth-order valence-electron chi connectivity index (χ4n) is 1.38. The highest BCUT2D eigenvalue weighted by Gasteiger charge is 2.05. The van der Waals surface area contributed by atoms with Crippen molar-refractivity contribution in [3.63, 3.8) is 0 Å². The lowest BCUT2D eigenvalue weighted by atomic mass is 10.2. The van der Waals surface area contributed by atoms with Crippen LogP contribution >= 0.6 is 0 Å². The highest BCUT2D eigenvalue weighted by molar-refractivity contribution is 5.92. The van der Waals surface area contributed by atoms with Gasteiger partial charge >= 0.3 is 5.91 Å². The fourth-order valence-corrected chi connectivity index (χ4v) is 1.38. The molecular formula is C13H12N2O2.